The fourth-order valence-electron chi connectivity index (χ4n) is 1.55. The van der Waals surface area contributed by atoms with E-state index in [2.05, 4.69) is 10.8 Å². The number of hydrogen-bond donors (Lipinski definition) is 1. The van der Waals surface area contributed by atoms with Crippen LogP contribution in [-0.4, -0.2) is 42.6 Å². The minimum Gasteiger partial charge on any atom is -0.301 e. The van der Waals surface area contributed by atoms with Crippen molar-refractivity contribution in [2.24, 2.45) is 5.84 Å². The first-order valence-electron chi connectivity index (χ1n) is 5.98. The summed E-state index contributed by atoms with van der Waals surface area (Å²) < 4.78 is 0. The van der Waals surface area contributed by atoms with E-state index < -0.39 is 0 Å². The smallest absolute Gasteiger partial charge is 0.0257 e. The first-order valence-corrected chi connectivity index (χ1v) is 5.98. The summed E-state index contributed by atoms with van der Waals surface area (Å²) in [5, 5.41) is 1.89. The molecule has 2 N–H and O–H groups in total. The zero-order valence-electron chi connectivity index (χ0n) is 10.2. The third-order valence-corrected chi connectivity index (χ3v) is 2.45. The fourth-order valence-corrected chi connectivity index (χ4v) is 1.55. The summed E-state index contributed by atoms with van der Waals surface area (Å²) in [5.41, 5.74) is 0. The van der Waals surface area contributed by atoms with Gasteiger partial charge in [0.1, 0.15) is 0 Å². The highest BCUT2D eigenvalue weighted by molar-refractivity contribution is 4.83. The van der Waals surface area contributed by atoms with E-state index in [9.17, 15) is 0 Å². The molecule has 1 rings (SSSR count). The number of nitrogens with two attached hydrogens (primary N) is 1. The van der Waals surface area contributed by atoms with Gasteiger partial charge >= 0.3 is 0 Å². The molecule has 0 saturated carbocycles. The van der Waals surface area contributed by atoms with Gasteiger partial charge in [-0.25, -0.2) is 5.01 Å². The van der Waals surface area contributed by atoms with Crippen molar-refractivity contribution in [2.45, 2.75) is 33.1 Å². The normalized spacial score (nSPS) is 17.7. The molecule has 3 nitrogen and oxygen atoms in total. The Morgan fingerprint density at radius 1 is 1.13 bits per heavy atom. The highest BCUT2D eigenvalue weighted by Gasteiger charge is 2.12. The molecule has 3 heteroatoms. The van der Waals surface area contributed by atoms with Gasteiger partial charge in [-0.15, -0.1) is 12.3 Å². The summed E-state index contributed by atoms with van der Waals surface area (Å²) >= 11 is 0. The molecule has 1 heterocycles. The Morgan fingerprint density at radius 3 is 2.27 bits per heavy atom. The van der Waals surface area contributed by atoms with E-state index in [-0.39, 0.29) is 0 Å². The van der Waals surface area contributed by atoms with E-state index in [1.54, 1.807) is 0 Å². The van der Waals surface area contributed by atoms with Gasteiger partial charge in [-0.05, 0) is 19.4 Å². The molecule has 1 aliphatic rings. The van der Waals surface area contributed by atoms with Gasteiger partial charge < -0.3 is 4.90 Å². The summed E-state index contributed by atoms with van der Waals surface area (Å²) in [6.07, 6.45) is 8.46. The Kier molecular flexibility index (Phi) is 9.60. The number of rotatable bonds is 4. The first kappa shape index (κ1) is 14.4. The van der Waals surface area contributed by atoms with E-state index >= 15 is 0 Å². The van der Waals surface area contributed by atoms with Crippen LogP contribution in [0.25, 0.3) is 0 Å². The molecular formula is C12H25N3. The lowest BCUT2D eigenvalue weighted by Gasteiger charge is -2.31. The Bertz CT molecular complexity index is 166. The number of terminal acetylenes is 1. The van der Waals surface area contributed by atoms with Crippen molar-refractivity contribution < 1.29 is 0 Å². The summed E-state index contributed by atoms with van der Waals surface area (Å²) in [5.74, 6) is 8.32. The minimum atomic E-state index is 0.914. The van der Waals surface area contributed by atoms with Gasteiger partial charge in [0.15, 0.2) is 0 Å². The molecule has 1 aliphatic heterocycles. The molecule has 0 amide bonds. The average Bonchev–Trinajstić information content (AvgIpc) is 2.30. The molecule has 0 atom stereocenters. The van der Waals surface area contributed by atoms with Crippen molar-refractivity contribution in [1.29, 1.82) is 0 Å². The van der Waals surface area contributed by atoms with E-state index in [1.807, 2.05) is 18.9 Å². The molecule has 0 aromatic carbocycles. The summed E-state index contributed by atoms with van der Waals surface area (Å²) in [7, 11) is 0. The lowest BCUT2D eigenvalue weighted by atomic mass is 10.2. The highest BCUT2D eigenvalue weighted by Crippen LogP contribution is 2.01. The van der Waals surface area contributed by atoms with Crippen LogP contribution in [0.1, 0.15) is 33.1 Å². The lowest BCUT2D eigenvalue weighted by molar-refractivity contribution is 0.132. The summed E-state index contributed by atoms with van der Waals surface area (Å²) in [6, 6.07) is 0. The van der Waals surface area contributed by atoms with E-state index in [0.29, 0.717) is 0 Å². The van der Waals surface area contributed by atoms with Crippen LogP contribution in [0.4, 0.5) is 0 Å². The van der Waals surface area contributed by atoms with Crippen LogP contribution in [0.3, 0.4) is 0 Å². The maximum atomic E-state index is 5.65. The van der Waals surface area contributed by atoms with Gasteiger partial charge in [-0.1, -0.05) is 13.8 Å². The Labute approximate surface area is 94.6 Å². The van der Waals surface area contributed by atoms with Gasteiger partial charge in [0.05, 0.1) is 0 Å². The molecule has 0 spiro atoms. The zero-order chi connectivity index (χ0) is 11.5. The minimum absolute atomic E-state index is 0.914. The Balaban J connectivity index is 0.000000921. The number of nitrogens with zero attached hydrogens (tertiary/aromatic N) is 2. The van der Waals surface area contributed by atoms with E-state index in [4.69, 9.17) is 12.3 Å². The second-order valence-corrected chi connectivity index (χ2v) is 3.54. The van der Waals surface area contributed by atoms with Gasteiger partial charge in [-0.2, -0.15) is 0 Å². The number of hydrogen-bond acceptors (Lipinski definition) is 3. The fraction of sp³-hybridized carbons (Fsp3) is 0.833. The lowest BCUT2D eigenvalue weighted by Crippen LogP contribution is -2.49. The second kappa shape index (κ2) is 9.97. The molecule has 1 fully saturated rings. The number of piperazine rings is 1. The molecule has 0 aliphatic carbocycles. The van der Waals surface area contributed by atoms with Crippen LogP contribution in [0.15, 0.2) is 0 Å². The van der Waals surface area contributed by atoms with Gasteiger partial charge in [0.2, 0.25) is 0 Å². The van der Waals surface area contributed by atoms with Crippen LogP contribution in [-0.2, 0) is 0 Å². The molecule has 0 bridgehead atoms. The van der Waals surface area contributed by atoms with Crippen molar-refractivity contribution in [3.8, 4) is 12.3 Å². The zero-order valence-corrected chi connectivity index (χ0v) is 10.2. The van der Waals surface area contributed by atoms with Crippen LogP contribution in [0.5, 0.6) is 0 Å². The standard InChI is InChI=1S/C10H19N3.C2H6/c1-2-3-4-5-6-12-7-9-13(11)10-8-12;1-2/h1H,3-11H2;1-2H3. The molecule has 15 heavy (non-hydrogen) atoms. The third kappa shape index (κ3) is 7.38. The third-order valence-electron chi connectivity index (χ3n) is 2.45. The van der Waals surface area contributed by atoms with Gasteiger partial charge in [-0.3, -0.25) is 5.84 Å². The predicted octanol–water partition coefficient (Wildman–Crippen LogP) is 1.31. The summed E-state index contributed by atoms with van der Waals surface area (Å²) in [4.78, 5) is 2.46. The number of hydrazine groups is 1. The molecule has 0 aromatic rings. The van der Waals surface area contributed by atoms with Crippen molar-refractivity contribution in [1.82, 2.24) is 9.91 Å². The predicted molar refractivity (Wildman–Crippen MR) is 66.2 cm³/mol. The average molecular weight is 211 g/mol. The highest BCUT2D eigenvalue weighted by atomic mass is 15.4. The maximum absolute atomic E-state index is 5.65. The molecule has 0 aromatic heterocycles. The van der Waals surface area contributed by atoms with Crippen LogP contribution in [0.2, 0.25) is 0 Å². The van der Waals surface area contributed by atoms with Crippen LogP contribution in [0, 0.1) is 12.3 Å². The quantitative estimate of drug-likeness (QED) is 0.432. The molecule has 0 radical (unpaired) electrons. The van der Waals surface area contributed by atoms with Crippen molar-refractivity contribution in [3.63, 3.8) is 0 Å². The number of unbranched alkanes of at least 4 members (excludes halogenated alkanes) is 2. The van der Waals surface area contributed by atoms with Crippen LogP contribution < -0.4 is 5.84 Å². The van der Waals surface area contributed by atoms with Gasteiger partial charge in [0, 0.05) is 32.6 Å². The largest absolute Gasteiger partial charge is 0.301 e. The molecule has 1 saturated heterocycles. The summed E-state index contributed by atoms with van der Waals surface area (Å²) in [6.45, 7) is 9.37. The maximum Gasteiger partial charge on any atom is 0.0257 e. The SMILES string of the molecule is C#CCCCCN1CCN(N)CC1.CC. The second-order valence-electron chi connectivity index (χ2n) is 3.54. The molecular weight excluding hydrogens is 186 g/mol. The van der Waals surface area contributed by atoms with Crippen molar-refractivity contribution in [2.75, 3.05) is 32.7 Å². The Hall–Kier alpha value is -0.560. The molecule has 0 unspecified atom stereocenters. The van der Waals surface area contributed by atoms with E-state index in [1.165, 1.54) is 13.0 Å². The van der Waals surface area contributed by atoms with Gasteiger partial charge in [0.25, 0.3) is 0 Å². The first-order chi connectivity index (χ1) is 7.33. The van der Waals surface area contributed by atoms with Crippen LogP contribution >= 0.6 is 0 Å². The Morgan fingerprint density at radius 2 is 1.73 bits per heavy atom. The van der Waals surface area contributed by atoms with E-state index in [0.717, 1.165) is 39.0 Å². The van der Waals surface area contributed by atoms with Crippen molar-refractivity contribution in [3.05, 3.63) is 0 Å². The monoisotopic (exact) mass is 211 g/mol. The topological polar surface area (TPSA) is 32.5 Å². The van der Waals surface area contributed by atoms with Crippen molar-refractivity contribution >= 4 is 0 Å². The molecule has 88 valence electrons.